The van der Waals surface area contributed by atoms with Crippen LogP contribution in [0.5, 0.6) is 0 Å². The highest BCUT2D eigenvalue weighted by molar-refractivity contribution is 5.85. The van der Waals surface area contributed by atoms with Crippen molar-refractivity contribution in [2.75, 3.05) is 26.2 Å². The Morgan fingerprint density at radius 3 is 2.52 bits per heavy atom. The van der Waals surface area contributed by atoms with Gasteiger partial charge in [0, 0.05) is 32.2 Å². The largest absolute Gasteiger partial charge is 0.416 e. The minimum atomic E-state index is -4.29. The van der Waals surface area contributed by atoms with Gasteiger partial charge in [0.1, 0.15) is 0 Å². The van der Waals surface area contributed by atoms with Gasteiger partial charge in [0.2, 0.25) is 0 Å². The maximum Gasteiger partial charge on any atom is 0.416 e. The molecule has 118 valence electrons. The zero-order valence-corrected chi connectivity index (χ0v) is 12.5. The minimum Gasteiger partial charge on any atom is -0.314 e. The average Bonchev–Trinajstić information content (AvgIpc) is 2.45. The maximum atomic E-state index is 12.8. The molecule has 0 aliphatic carbocycles. The molecule has 0 amide bonds. The molecule has 1 heterocycles. The summed E-state index contributed by atoms with van der Waals surface area (Å²) in [6.45, 7) is 7.15. The minimum absolute atomic E-state index is 0. The summed E-state index contributed by atoms with van der Waals surface area (Å²) in [5.74, 6) is 0. The second-order valence-electron chi connectivity index (χ2n) is 4.95. The topological polar surface area (TPSA) is 15.3 Å². The van der Waals surface area contributed by atoms with Gasteiger partial charge < -0.3 is 5.32 Å². The van der Waals surface area contributed by atoms with Gasteiger partial charge in [-0.05, 0) is 24.1 Å². The van der Waals surface area contributed by atoms with Crippen LogP contribution in [0.15, 0.2) is 36.9 Å². The van der Waals surface area contributed by atoms with E-state index >= 15 is 0 Å². The molecule has 1 aliphatic rings. The molecule has 1 saturated heterocycles. The van der Waals surface area contributed by atoms with Crippen molar-refractivity contribution in [1.29, 1.82) is 0 Å². The third-order valence-corrected chi connectivity index (χ3v) is 3.58. The molecule has 1 aromatic carbocycles. The number of piperazine rings is 1. The lowest BCUT2D eigenvalue weighted by atomic mass is 9.99. The molecule has 2 rings (SSSR count). The van der Waals surface area contributed by atoms with Crippen molar-refractivity contribution >= 4 is 12.4 Å². The van der Waals surface area contributed by atoms with E-state index in [1.165, 1.54) is 12.1 Å². The van der Waals surface area contributed by atoms with Crippen molar-refractivity contribution in [3.05, 3.63) is 48.0 Å². The van der Waals surface area contributed by atoms with Crippen molar-refractivity contribution in [1.82, 2.24) is 10.2 Å². The first-order valence-corrected chi connectivity index (χ1v) is 6.75. The van der Waals surface area contributed by atoms with Gasteiger partial charge in [0.05, 0.1) is 5.56 Å². The highest BCUT2D eigenvalue weighted by Gasteiger charge is 2.31. The number of nitrogens with one attached hydrogen (secondary N) is 1. The number of hydrogen-bond acceptors (Lipinski definition) is 2. The van der Waals surface area contributed by atoms with E-state index in [9.17, 15) is 13.2 Å². The molecule has 1 N–H and O–H groups in total. The molecule has 0 radical (unpaired) electrons. The van der Waals surface area contributed by atoms with Gasteiger partial charge in [0.15, 0.2) is 0 Å². The van der Waals surface area contributed by atoms with E-state index in [4.69, 9.17) is 0 Å². The van der Waals surface area contributed by atoms with Gasteiger partial charge in [-0.25, -0.2) is 0 Å². The summed E-state index contributed by atoms with van der Waals surface area (Å²) in [4.78, 5) is 2.22. The van der Waals surface area contributed by atoms with Gasteiger partial charge in [-0.2, -0.15) is 13.2 Å². The van der Waals surface area contributed by atoms with E-state index in [1.54, 1.807) is 12.1 Å². The second kappa shape index (κ2) is 7.82. The van der Waals surface area contributed by atoms with Crippen LogP contribution in [0.2, 0.25) is 0 Å². The number of benzene rings is 1. The summed E-state index contributed by atoms with van der Waals surface area (Å²) in [5, 5.41) is 3.25. The van der Waals surface area contributed by atoms with E-state index in [-0.39, 0.29) is 18.4 Å². The van der Waals surface area contributed by atoms with E-state index in [1.807, 2.05) is 0 Å². The summed E-state index contributed by atoms with van der Waals surface area (Å²) >= 11 is 0. The standard InChI is InChI=1S/C15H19F3N2.ClH/c1-2-4-14(20-9-7-19-8-10-20)12-5-3-6-13(11-12)15(16,17)18;/h2-3,5-6,11,14,19H,1,4,7-10H2;1H/t14-;/m0./s1. The predicted octanol–water partition coefficient (Wildman–Crippen LogP) is 3.65. The van der Waals surface area contributed by atoms with Crippen LogP contribution in [0, 0.1) is 0 Å². The molecule has 2 nitrogen and oxygen atoms in total. The maximum absolute atomic E-state index is 12.8. The van der Waals surface area contributed by atoms with E-state index < -0.39 is 11.7 Å². The van der Waals surface area contributed by atoms with Crippen LogP contribution in [0.4, 0.5) is 13.2 Å². The Hall–Kier alpha value is -1.04. The zero-order chi connectivity index (χ0) is 14.6. The molecule has 21 heavy (non-hydrogen) atoms. The van der Waals surface area contributed by atoms with Crippen molar-refractivity contribution < 1.29 is 13.2 Å². The van der Waals surface area contributed by atoms with Crippen LogP contribution in [-0.2, 0) is 6.18 Å². The summed E-state index contributed by atoms with van der Waals surface area (Å²) in [5.41, 5.74) is 0.126. The third kappa shape index (κ3) is 4.73. The average molecular weight is 321 g/mol. The molecule has 1 aromatic rings. The molecule has 1 atom stereocenters. The van der Waals surface area contributed by atoms with Gasteiger partial charge in [0.25, 0.3) is 0 Å². The van der Waals surface area contributed by atoms with Crippen molar-refractivity contribution in [2.45, 2.75) is 18.6 Å². The summed E-state index contributed by atoms with van der Waals surface area (Å²) in [6.07, 6.45) is -1.87. The lowest BCUT2D eigenvalue weighted by Gasteiger charge is -2.35. The third-order valence-electron chi connectivity index (χ3n) is 3.58. The van der Waals surface area contributed by atoms with Gasteiger partial charge in [-0.1, -0.05) is 18.2 Å². The Kier molecular flexibility index (Phi) is 6.71. The predicted molar refractivity (Wildman–Crippen MR) is 80.7 cm³/mol. The summed E-state index contributed by atoms with van der Waals surface area (Å²) < 4.78 is 38.4. The molecule has 0 aromatic heterocycles. The van der Waals surface area contributed by atoms with Crippen LogP contribution in [-0.4, -0.2) is 31.1 Å². The van der Waals surface area contributed by atoms with Crippen molar-refractivity contribution in [2.24, 2.45) is 0 Å². The second-order valence-corrected chi connectivity index (χ2v) is 4.95. The Bertz CT molecular complexity index is 456. The smallest absolute Gasteiger partial charge is 0.314 e. The van der Waals surface area contributed by atoms with Crippen molar-refractivity contribution in [3.8, 4) is 0 Å². The summed E-state index contributed by atoms with van der Waals surface area (Å²) in [6, 6.07) is 5.60. The highest BCUT2D eigenvalue weighted by atomic mass is 35.5. The molecule has 0 unspecified atom stereocenters. The first-order valence-electron chi connectivity index (χ1n) is 6.75. The van der Waals surface area contributed by atoms with Gasteiger partial charge >= 0.3 is 6.18 Å². The number of nitrogens with zero attached hydrogens (tertiary/aromatic N) is 1. The molecule has 0 bridgehead atoms. The SMILES string of the molecule is C=CC[C@@H](c1cccc(C(F)(F)F)c1)N1CCNCC1.Cl. The Balaban J connectivity index is 0.00000220. The van der Waals surface area contributed by atoms with E-state index in [0.29, 0.717) is 12.0 Å². The fourth-order valence-electron chi connectivity index (χ4n) is 2.57. The van der Waals surface area contributed by atoms with E-state index in [0.717, 1.165) is 32.2 Å². The zero-order valence-electron chi connectivity index (χ0n) is 11.7. The molecule has 0 saturated carbocycles. The number of halogens is 4. The van der Waals surface area contributed by atoms with Gasteiger partial charge in [-0.3, -0.25) is 4.90 Å². The highest BCUT2D eigenvalue weighted by Crippen LogP contribution is 2.33. The molecule has 1 aliphatic heterocycles. The Morgan fingerprint density at radius 2 is 1.95 bits per heavy atom. The molecular weight excluding hydrogens is 301 g/mol. The Labute approximate surface area is 129 Å². The molecule has 0 spiro atoms. The van der Waals surface area contributed by atoms with Crippen LogP contribution in [0.1, 0.15) is 23.6 Å². The van der Waals surface area contributed by atoms with E-state index in [2.05, 4.69) is 16.8 Å². The van der Waals surface area contributed by atoms with Crippen LogP contribution in [0.25, 0.3) is 0 Å². The fourth-order valence-corrected chi connectivity index (χ4v) is 2.57. The first-order chi connectivity index (χ1) is 9.52. The Morgan fingerprint density at radius 1 is 1.29 bits per heavy atom. The number of rotatable bonds is 4. The quantitative estimate of drug-likeness (QED) is 0.852. The van der Waals surface area contributed by atoms with Gasteiger partial charge in [-0.15, -0.1) is 19.0 Å². The fraction of sp³-hybridized carbons (Fsp3) is 0.467. The normalized spacial score (nSPS) is 17.9. The molecule has 6 heteroatoms. The summed E-state index contributed by atoms with van der Waals surface area (Å²) in [7, 11) is 0. The lowest BCUT2D eigenvalue weighted by molar-refractivity contribution is -0.137. The van der Waals surface area contributed by atoms with Crippen LogP contribution in [0.3, 0.4) is 0 Å². The number of alkyl halides is 3. The molecule has 1 fully saturated rings. The van der Waals surface area contributed by atoms with Crippen LogP contribution >= 0.6 is 12.4 Å². The molecular formula is C15H20ClF3N2. The lowest BCUT2D eigenvalue weighted by Crippen LogP contribution is -2.45. The monoisotopic (exact) mass is 320 g/mol. The number of hydrogen-bond donors (Lipinski definition) is 1. The van der Waals surface area contributed by atoms with Crippen molar-refractivity contribution in [3.63, 3.8) is 0 Å². The first kappa shape index (κ1) is 18.0. The van der Waals surface area contributed by atoms with Crippen LogP contribution < -0.4 is 5.32 Å².